The van der Waals surface area contributed by atoms with Gasteiger partial charge in [-0.3, -0.25) is 0 Å². The van der Waals surface area contributed by atoms with Crippen LogP contribution in [0.2, 0.25) is 5.02 Å². The molecule has 3 rings (SSSR count). The monoisotopic (exact) mass is 418 g/mol. The molecule has 0 aliphatic carbocycles. The average molecular weight is 419 g/mol. The fourth-order valence-electron chi connectivity index (χ4n) is 2.85. The maximum Gasteiger partial charge on any atom is 0.357 e. The van der Waals surface area contributed by atoms with E-state index in [0.717, 1.165) is 13.2 Å². The first-order valence-corrected chi connectivity index (χ1v) is 8.69. The van der Waals surface area contributed by atoms with E-state index < -0.39 is 17.8 Å². The highest BCUT2D eigenvalue weighted by Crippen LogP contribution is 2.40. The number of ether oxygens (including phenoxy) is 3. The van der Waals surface area contributed by atoms with Crippen LogP contribution in [-0.4, -0.2) is 43.0 Å². The Morgan fingerprint density at radius 2 is 1.66 bits per heavy atom. The highest BCUT2D eigenvalue weighted by Gasteiger charge is 2.33. The SMILES string of the molecule is COC(=O)c1c(-c2c(OC)ccc(F)c2Cl)nn(-c2ccccc2)c1C(=O)OC. The zero-order valence-corrected chi connectivity index (χ0v) is 16.5. The van der Waals surface area contributed by atoms with Crippen LogP contribution in [0.4, 0.5) is 4.39 Å². The number of rotatable bonds is 5. The first-order chi connectivity index (χ1) is 13.9. The third-order valence-corrected chi connectivity index (χ3v) is 4.54. The standard InChI is InChI=1S/C20H16ClFN2O5/c1-27-13-10-9-12(22)16(21)14(13)17-15(19(25)28-2)18(20(26)29-3)24(23-17)11-7-5-4-6-8-11/h4-10H,1-3H3. The summed E-state index contributed by atoms with van der Waals surface area (Å²) in [5.74, 6) is -2.28. The van der Waals surface area contributed by atoms with Crippen molar-refractivity contribution in [2.45, 2.75) is 0 Å². The predicted octanol–water partition coefficient (Wildman–Crippen LogP) is 3.91. The fraction of sp³-hybridized carbons (Fsp3) is 0.150. The average Bonchev–Trinajstić information content (AvgIpc) is 3.15. The molecule has 0 N–H and O–H groups in total. The molecule has 2 aromatic carbocycles. The minimum atomic E-state index is -0.870. The number of hydrogen-bond donors (Lipinski definition) is 0. The highest BCUT2D eigenvalue weighted by atomic mass is 35.5. The second kappa shape index (κ2) is 8.32. The second-order valence-electron chi connectivity index (χ2n) is 5.74. The Hall–Kier alpha value is -3.39. The van der Waals surface area contributed by atoms with E-state index in [0.29, 0.717) is 5.69 Å². The van der Waals surface area contributed by atoms with Gasteiger partial charge in [-0.1, -0.05) is 29.8 Å². The van der Waals surface area contributed by atoms with E-state index >= 15 is 0 Å². The van der Waals surface area contributed by atoms with Gasteiger partial charge < -0.3 is 14.2 Å². The Kier molecular flexibility index (Phi) is 5.84. The molecule has 1 aromatic heterocycles. The van der Waals surface area contributed by atoms with Gasteiger partial charge >= 0.3 is 11.9 Å². The summed E-state index contributed by atoms with van der Waals surface area (Å²) >= 11 is 6.18. The molecule has 0 saturated heterocycles. The van der Waals surface area contributed by atoms with Crippen molar-refractivity contribution < 1.29 is 28.2 Å². The summed E-state index contributed by atoms with van der Waals surface area (Å²) in [6.07, 6.45) is 0. The Balaban J connectivity index is 2.46. The van der Waals surface area contributed by atoms with Crippen LogP contribution < -0.4 is 4.74 Å². The van der Waals surface area contributed by atoms with Crippen molar-refractivity contribution in [3.8, 4) is 22.7 Å². The molecular weight excluding hydrogens is 403 g/mol. The first-order valence-electron chi connectivity index (χ1n) is 8.32. The third kappa shape index (κ3) is 3.54. The van der Waals surface area contributed by atoms with Gasteiger partial charge in [0.2, 0.25) is 0 Å². The smallest absolute Gasteiger partial charge is 0.357 e. The molecular formula is C20H16ClFN2O5. The van der Waals surface area contributed by atoms with E-state index in [1.807, 2.05) is 0 Å². The first kappa shape index (κ1) is 20.3. The summed E-state index contributed by atoms with van der Waals surface area (Å²) in [4.78, 5) is 25.2. The lowest BCUT2D eigenvalue weighted by molar-refractivity contribution is 0.0549. The molecule has 0 bridgehead atoms. The van der Waals surface area contributed by atoms with Crippen LogP contribution in [0.15, 0.2) is 42.5 Å². The molecule has 0 saturated carbocycles. The van der Waals surface area contributed by atoms with Gasteiger partial charge in [0.05, 0.1) is 37.6 Å². The number of para-hydroxylation sites is 1. The minimum absolute atomic E-state index is 0.00870. The van der Waals surface area contributed by atoms with Crippen molar-refractivity contribution in [1.29, 1.82) is 0 Å². The molecule has 0 spiro atoms. The Bertz CT molecular complexity index is 1080. The fourth-order valence-corrected chi connectivity index (χ4v) is 3.10. The van der Waals surface area contributed by atoms with Crippen molar-refractivity contribution in [3.63, 3.8) is 0 Å². The Morgan fingerprint density at radius 3 is 2.24 bits per heavy atom. The lowest BCUT2D eigenvalue weighted by Gasteiger charge is -2.10. The van der Waals surface area contributed by atoms with Crippen molar-refractivity contribution in [2.24, 2.45) is 0 Å². The van der Waals surface area contributed by atoms with Crippen LogP contribution in [0.25, 0.3) is 16.9 Å². The molecule has 0 unspecified atom stereocenters. The van der Waals surface area contributed by atoms with Crippen LogP contribution in [0, 0.1) is 5.82 Å². The largest absolute Gasteiger partial charge is 0.496 e. The van der Waals surface area contributed by atoms with Gasteiger partial charge in [0.25, 0.3) is 0 Å². The second-order valence-corrected chi connectivity index (χ2v) is 6.12. The molecule has 0 amide bonds. The summed E-state index contributed by atoms with van der Waals surface area (Å²) < 4.78 is 30.4. The van der Waals surface area contributed by atoms with Gasteiger partial charge in [-0.05, 0) is 24.3 Å². The number of hydrogen-bond acceptors (Lipinski definition) is 6. The quantitative estimate of drug-likeness (QED) is 0.584. The number of aromatic nitrogens is 2. The Labute approximate surface area is 170 Å². The summed E-state index contributed by atoms with van der Waals surface area (Å²) in [7, 11) is 3.68. The molecule has 0 aliphatic rings. The van der Waals surface area contributed by atoms with E-state index in [2.05, 4.69) is 5.10 Å². The van der Waals surface area contributed by atoms with E-state index in [1.54, 1.807) is 30.3 Å². The molecule has 0 aliphatic heterocycles. The van der Waals surface area contributed by atoms with Crippen LogP contribution in [-0.2, 0) is 9.47 Å². The number of carbonyl (C=O) groups excluding carboxylic acids is 2. The summed E-state index contributed by atoms with van der Waals surface area (Å²) in [6, 6.07) is 11.0. The van der Waals surface area contributed by atoms with Crippen LogP contribution in [0.3, 0.4) is 0 Å². The zero-order valence-electron chi connectivity index (χ0n) is 15.7. The molecule has 1 heterocycles. The zero-order chi connectivity index (χ0) is 21.1. The molecule has 0 radical (unpaired) electrons. The van der Waals surface area contributed by atoms with Crippen LogP contribution in [0.1, 0.15) is 20.8 Å². The molecule has 9 heteroatoms. The summed E-state index contributed by atoms with van der Waals surface area (Å²) in [5, 5.41) is 4.07. The number of halogens is 2. The molecule has 7 nitrogen and oxygen atoms in total. The normalized spacial score (nSPS) is 10.5. The Morgan fingerprint density at radius 1 is 1.00 bits per heavy atom. The predicted molar refractivity (Wildman–Crippen MR) is 103 cm³/mol. The lowest BCUT2D eigenvalue weighted by Crippen LogP contribution is -2.15. The van der Waals surface area contributed by atoms with Gasteiger partial charge in [0.15, 0.2) is 5.69 Å². The summed E-state index contributed by atoms with van der Waals surface area (Å²) in [5.41, 5.74) is -0.0235. The van der Waals surface area contributed by atoms with Crippen LogP contribution in [0.5, 0.6) is 5.75 Å². The van der Waals surface area contributed by atoms with Crippen LogP contribution >= 0.6 is 11.6 Å². The molecule has 29 heavy (non-hydrogen) atoms. The maximum absolute atomic E-state index is 14.2. The van der Waals surface area contributed by atoms with Crippen molar-refractivity contribution in [3.05, 3.63) is 64.6 Å². The number of methoxy groups -OCH3 is 3. The highest BCUT2D eigenvalue weighted by molar-refractivity contribution is 6.34. The van der Waals surface area contributed by atoms with Gasteiger partial charge in [-0.2, -0.15) is 5.10 Å². The lowest BCUT2D eigenvalue weighted by atomic mass is 10.0. The van der Waals surface area contributed by atoms with E-state index in [9.17, 15) is 14.0 Å². The molecule has 0 fully saturated rings. The molecule has 0 atom stereocenters. The van der Waals surface area contributed by atoms with Gasteiger partial charge in [-0.15, -0.1) is 0 Å². The minimum Gasteiger partial charge on any atom is -0.496 e. The number of carbonyl (C=O) groups is 2. The van der Waals surface area contributed by atoms with Crippen molar-refractivity contribution in [2.75, 3.05) is 21.3 Å². The van der Waals surface area contributed by atoms with Gasteiger partial charge in [0.1, 0.15) is 22.8 Å². The molecule has 3 aromatic rings. The number of benzene rings is 2. The van der Waals surface area contributed by atoms with Gasteiger partial charge in [-0.25, -0.2) is 18.7 Å². The molecule has 150 valence electrons. The number of nitrogens with zero attached hydrogens (tertiary/aromatic N) is 2. The van der Waals surface area contributed by atoms with E-state index in [1.165, 1.54) is 25.0 Å². The topological polar surface area (TPSA) is 79.7 Å². The maximum atomic E-state index is 14.2. The van der Waals surface area contributed by atoms with Crippen molar-refractivity contribution >= 4 is 23.5 Å². The number of esters is 2. The summed E-state index contributed by atoms with van der Waals surface area (Å²) in [6.45, 7) is 0. The van der Waals surface area contributed by atoms with Gasteiger partial charge in [0, 0.05) is 0 Å². The van der Waals surface area contributed by atoms with E-state index in [4.69, 9.17) is 25.8 Å². The van der Waals surface area contributed by atoms with E-state index in [-0.39, 0.29) is 33.3 Å². The third-order valence-electron chi connectivity index (χ3n) is 4.17. The van der Waals surface area contributed by atoms with Crippen molar-refractivity contribution in [1.82, 2.24) is 9.78 Å².